The Morgan fingerprint density at radius 3 is 3.08 bits per heavy atom. The Balaban J connectivity index is 2.23. The number of H-pyrrole nitrogens is 1. The number of aromatic nitrogens is 2. The van der Waals surface area contributed by atoms with Crippen LogP contribution in [-0.2, 0) is 11.3 Å². The van der Waals surface area contributed by atoms with Gasteiger partial charge in [0.1, 0.15) is 0 Å². The lowest BCUT2D eigenvalue weighted by Crippen LogP contribution is -2.32. The van der Waals surface area contributed by atoms with E-state index >= 15 is 0 Å². The molecule has 74 valence electrons. The van der Waals surface area contributed by atoms with Gasteiger partial charge < -0.3 is 10.1 Å². The van der Waals surface area contributed by atoms with E-state index in [2.05, 4.69) is 22.4 Å². The Labute approximate surface area is 78.7 Å². The second-order valence-electron chi connectivity index (χ2n) is 3.02. The molecule has 1 unspecified atom stereocenters. The van der Waals surface area contributed by atoms with Crippen LogP contribution in [0.15, 0.2) is 12.3 Å². The van der Waals surface area contributed by atoms with E-state index < -0.39 is 0 Å². The smallest absolute Gasteiger partial charge is 0.0615 e. The van der Waals surface area contributed by atoms with Crippen molar-refractivity contribution in [1.82, 2.24) is 15.5 Å². The van der Waals surface area contributed by atoms with Gasteiger partial charge in [0, 0.05) is 31.6 Å². The second kappa shape index (κ2) is 5.72. The normalized spacial score (nSPS) is 13.1. The van der Waals surface area contributed by atoms with Crippen molar-refractivity contribution in [2.75, 3.05) is 13.7 Å². The van der Waals surface area contributed by atoms with Gasteiger partial charge in [-0.05, 0) is 12.5 Å². The van der Waals surface area contributed by atoms with Crippen LogP contribution in [-0.4, -0.2) is 30.0 Å². The summed E-state index contributed by atoms with van der Waals surface area (Å²) >= 11 is 0. The largest absolute Gasteiger partial charge is 0.383 e. The quantitative estimate of drug-likeness (QED) is 0.689. The molecule has 1 aromatic rings. The molecular weight excluding hydrogens is 166 g/mol. The van der Waals surface area contributed by atoms with E-state index in [9.17, 15) is 0 Å². The van der Waals surface area contributed by atoms with Crippen LogP contribution in [0.4, 0.5) is 0 Å². The molecule has 4 nitrogen and oxygen atoms in total. The Bertz CT molecular complexity index is 211. The zero-order valence-corrected chi connectivity index (χ0v) is 8.21. The highest BCUT2D eigenvalue weighted by Gasteiger charge is 2.04. The van der Waals surface area contributed by atoms with Gasteiger partial charge in [0.15, 0.2) is 0 Å². The topological polar surface area (TPSA) is 49.9 Å². The fraction of sp³-hybridized carbons (Fsp3) is 0.667. The molecule has 0 fully saturated rings. The van der Waals surface area contributed by atoms with Crippen LogP contribution in [0.1, 0.15) is 19.0 Å². The van der Waals surface area contributed by atoms with Crippen molar-refractivity contribution < 1.29 is 4.74 Å². The lowest BCUT2D eigenvalue weighted by Gasteiger charge is -2.14. The lowest BCUT2D eigenvalue weighted by molar-refractivity contribution is 0.163. The van der Waals surface area contributed by atoms with E-state index in [0.717, 1.165) is 25.3 Å². The van der Waals surface area contributed by atoms with Crippen molar-refractivity contribution in [3.8, 4) is 0 Å². The number of rotatable bonds is 6. The van der Waals surface area contributed by atoms with Crippen LogP contribution in [0.3, 0.4) is 0 Å². The first kappa shape index (κ1) is 10.2. The van der Waals surface area contributed by atoms with Crippen LogP contribution in [0.25, 0.3) is 0 Å². The molecule has 2 N–H and O–H groups in total. The molecule has 4 heteroatoms. The summed E-state index contributed by atoms with van der Waals surface area (Å²) in [5.74, 6) is 0. The monoisotopic (exact) mass is 183 g/mol. The van der Waals surface area contributed by atoms with Gasteiger partial charge in [0.25, 0.3) is 0 Å². The maximum Gasteiger partial charge on any atom is 0.0615 e. The van der Waals surface area contributed by atoms with Crippen molar-refractivity contribution in [3.63, 3.8) is 0 Å². The number of hydrogen-bond acceptors (Lipinski definition) is 3. The fourth-order valence-electron chi connectivity index (χ4n) is 1.16. The zero-order chi connectivity index (χ0) is 9.52. The van der Waals surface area contributed by atoms with Crippen LogP contribution >= 0.6 is 0 Å². The Morgan fingerprint density at radius 2 is 2.54 bits per heavy atom. The van der Waals surface area contributed by atoms with Crippen molar-refractivity contribution in [2.24, 2.45) is 0 Å². The van der Waals surface area contributed by atoms with E-state index in [1.807, 2.05) is 6.07 Å². The molecule has 0 radical (unpaired) electrons. The SMILES string of the molecule is CCC(COC)NCc1ccn[nH]1. The van der Waals surface area contributed by atoms with Crippen molar-refractivity contribution in [3.05, 3.63) is 18.0 Å². The highest BCUT2D eigenvalue weighted by atomic mass is 16.5. The third-order valence-corrected chi connectivity index (χ3v) is 2.00. The number of aromatic amines is 1. The summed E-state index contributed by atoms with van der Waals surface area (Å²) in [6, 6.07) is 2.39. The summed E-state index contributed by atoms with van der Waals surface area (Å²) < 4.78 is 5.08. The fourth-order valence-corrected chi connectivity index (χ4v) is 1.16. The van der Waals surface area contributed by atoms with Gasteiger partial charge in [-0.15, -0.1) is 0 Å². The first-order valence-electron chi connectivity index (χ1n) is 4.57. The van der Waals surface area contributed by atoms with E-state index in [-0.39, 0.29) is 0 Å². The van der Waals surface area contributed by atoms with Gasteiger partial charge in [-0.2, -0.15) is 5.10 Å². The highest BCUT2D eigenvalue weighted by Crippen LogP contribution is 1.95. The first-order chi connectivity index (χ1) is 6.36. The van der Waals surface area contributed by atoms with E-state index in [4.69, 9.17) is 4.74 Å². The summed E-state index contributed by atoms with van der Waals surface area (Å²) in [5.41, 5.74) is 1.11. The Hall–Kier alpha value is -0.870. The first-order valence-corrected chi connectivity index (χ1v) is 4.57. The minimum atomic E-state index is 0.424. The molecule has 0 spiro atoms. The van der Waals surface area contributed by atoms with Crippen molar-refractivity contribution in [2.45, 2.75) is 25.9 Å². The average Bonchev–Trinajstić information content (AvgIpc) is 2.64. The number of hydrogen-bond donors (Lipinski definition) is 2. The van der Waals surface area contributed by atoms with Crippen LogP contribution in [0, 0.1) is 0 Å². The molecule has 0 aliphatic rings. The summed E-state index contributed by atoms with van der Waals surface area (Å²) in [4.78, 5) is 0. The van der Waals surface area contributed by atoms with E-state index in [0.29, 0.717) is 6.04 Å². The summed E-state index contributed by atoms with van der Waals surface area (Å²) in [6.07, 6.45) is 2.83. The van der Waals surface area contributed by atoms with Crippen molar-refractivity contribution in [1.29, 1.82) is 0 Å². The third-order valence-electron chi connectivity index (χ3n) is 2.00. The molecule has 0 saturated heterocycles. The highest BCUT2D eigenvalue weighted by molar-refractivity contribution is 4.96. The molecule has 0 saturated carbocycles. The summed E-state index contributed by atoms with van der Waals surface area (Å²) in [6.45, 7) is 3.72. The molecule has 1 rings (SSSR count). The van der Waals surface area contributed by atoms with Crippen LogP contribution in [0.2, 0.25) is 0 Å². The number of nitrogens with one attached hydrogen (secondary N) is 2. The predicted molar refractivity (Wildman–Crippen MR) is 51.4 cm³/mol. The molecule has 1 aromatic heterocycles. The molecule has 0 aliphatic carbocycles. The van der Waals surface area contributed by atoms with E-state index in [1.54, 1.807) is 13.3 Å². The maximum atomic E-state index is 5.08. The summed E-state index contributed by atoms with van der Waals surface area (Å²) in [7, 11) is 1.72. The maximum absolute atomic E-state index is 5.08. The molecule has 0 amide bonds. The number of nitrogens with zero attached hydrogens (tertiary/aromatic N) is 1. The molecule has 0 aromatic carbocycles. The van der Waals surface area contributed by atoms with Gasteiger partial charge in [-0.3, -0.25) is 5.10 Å². The Morgan fingerprint density at radius 1 is 1.69 bits per heavy atom. The van der Waals surface area contributed by atoms with Gasteiger partial charge in [0.05, 0.1) is 6.61 Å². The van der Waals surface area contributed by atoms with E-state index in [1.165, 1.54) is 0 Å². The standard InChI is InChI=1S/C9H17N3O/c1-3-8(7-13-2)10-6-9-4-5-11-12-9/h4-5,8,10H,3,6-7H2,1-2H3,(H,11,12). The van der Waals surface area contributed by atoms with Gasteiger partial charge in [-0.25, -0.2) is 0 Å². The third kappa shape index (κ3) is 3.57. The second-order valence-corrected chi connectivity index (χ2v) is 3.02. The van der Waals surface area contributed by atoms with Crippen molar-refractivity contribution >= 4 is 0 Å². The molecule has 13 heavy (non-hydrogen) atoms. The predicted octanol–water partition coefficient (Wildman–Crippen LogP) is 0.924. The molecule has 0 aliphatic heterocycles. The zero-order valence-electron chi connectivity index (χ0n) is 8.21. The van der Waals surface area contributed by atoms with Gasteiger partial charge in [-0.1, -0.05) is 6.92 Å². The average molecular weight is 183 g/mol. The van der Waals surface area contributed by atoms with Gasteiger partial charge in [0.2, 0.25) is 0 Å². The number of methoxy groups -OCH3 is 1. The van der Waals surface area contributed by atoms with Crippen LogP contribution < -0.4 is 5.32 Å². The molecule has 1 heterocycles. The van der Waals surface area contributed by atoms with Gasteiger partial charge >= 0.3 is 0 Å². The van der Waals surface area contributed by atoms with Crippen LogP contribution in [0.5, 0.6) is 0 Å². The summed E-state index contributed by atoms with van der Waals surface area (Å²) in [5, 5.41) is 10.2. The minimum Gasteiger partial charge on any atom is -0.383 e. The lowest BCUT2D eigenvalue weighted by atomic mass is 10.2. The molecule has 1 atom stereocenters. The Kier molecular flexibility index (Phi) is 4.49. The molecule has 0 bridgehead atoms. The minimum absolute atomic E-state index is 0.424. The number of ether oxygens (including phenoxy) is 1. The molecular formula is C9H17N3O.